The number of anilines is 1. The van der Waals surface area contributed by atoms with E-state index in [-0.39, 0.29) is 11.9 Å². The van der Waals surface area contributed by atoms with E-state index in [2.05, 4.69) is 21.3 Å². The van der Waals surface area contributed by atoms with Gasteiger partial charge in [0.1, 0.15) is 6.04 Å². The molecule has 1 aromatic rings. The summed E-state index contributed by atoms with van der Waals surface area (Å²) >= 11 is 0. The van der Waals surface area contributed by atoms with Gasteiger partial charge in [0.15, 0.2) is 0 Å². The number of amides is 3. The molecule has 0 radical (unpaired) electrons. The molecule has 1 aromatic carbocycles. The largest absolute Gasteiger partial charge is 0.353 e. The van der Waals surface area contributed by atoms with Crippen LogP contribution in [0.15, 0.2) is 30.3 Å². The highest BCUT2D eigenvalue weighted by atomic mass is 16.2. The Hall–Kier alpha value is -2.08. The Morgan fingerprint density at radius 1 is 1.04 bits per heavy atom. The summed E-state index contributed by atoms with van der Waals surface area (Å²) in [6.45, 7) is 3.01. The first-order valence-corrected chi connectivity index (χ1v) is 9.29. The topological polar surface area (TPSA) is 82.3 Å². The fourth-order valence-electron chi connectivity index (χ4n) is 3.05. The highest BCUT2D eigenvalue weighted by Gasteiger charge is 2.15. The first-order valence-electron chi connectivity index (χ1n) is 9.29. The Morgan fingerprint density at radius 2 is 1.72 bits per heavy atom. The third-order valence-corrected chi connectivity index (χ3v) is 4.48. The molecule has 25 heavy (non-hydrogen) atoms. The highest BCUT2D eigenvalue weighted by Crippen LogP contribution is 2.16. The number of para-hydroxylation sites is 1. The van der Waals surface area contributed by atoms with Gasteiger partial charge in [-0.1, -0.05) is 43.9 Å². The fraction of sp³-hybridized carbons (Fsp3) is 0.579. The molecule has 138 valence electrons. The van der Waals surface area contributed by atoms with E-state index in [1.54, 1.807) is 19.1 Å². The van der Waals surface area contributed by atoms with Crippen LogP contribution in [0.4, 0.5) is 10.5 Å². The van der Waals surface area contributed by atoms with Gasteiger partial charge in [-0.25, -0.2) is 4.79 Å². The van der Waals surface area contributed by atoms with Crippen LogP contribution < -0.4 is 21.3 Å². The molecule has 4 N–H and O–H groups in total. The third kappa shape index (κ3) is 7.56. The van der Waals surface area contributed by atoms with Crippen molar-refractivity contribution in [1.29, 1.82) is 0 Å². The third-order valence-electron chi connectivity index (χ3n) is 4.48. The van der Waals surface area contributed by atoms with Crippen LogP contribution in [-0.2, 0) is 4.79 Å². The van der Waals surface area contributed by atoms with Gasteiger partial charge in [0.2, 0.25) is 5.91 Å². The summed E-state index contributed by atoms with van der Waals surface area (Å²) in [5, 5.41) is 11.7. The molecule has 6 heteroatoms. The number of rotatable bonds is 7. The van der Waals surface area contributed by atoms with Gasteiger partial charge in [0, 0.05) is 24.8 Å². The lowest BCUT2D eigenvalue weighted by Crippen LogP contribution is -2.48. The van der Waals surface area contributed by atoms with Gasteiger partial charge in [-0.05, 0) is 31.9 Å². The molecule has 0 spiro atoms. The van der Waals surface area contributed by atoms with Crippen LogP contribution in [0.1, 0.15) is 45.4 Å². The summed E-state index contributed by atoms with van der Waals surface area (Å²) < 4.78 is 0. The molecule has 6 nitrogen and oxygen atoms in total. The maximum absolute atomic E-state index is 12.1. The zero-order chi connectivity index (χ0) is 17.9. The number of urea groups is 1. The van der Waals surface area contributed by atoms with Crippen molar-refractivity contribution >= 4 is 17.6 Å². The first kappa shape index (κ1) is 19.2. The van der Waals surface area contributed by atoms with Crippen LogP contribution in [0.25, 0.3) is 0 Å². The van der Waals surface area contributed by atoms with Crippen molar-refractivity contribution in [1.82, 2.24) is 16.0 Å². The van der Waals surface area contributed by atoms with E-state index < -0.39 is 6.04 Å². The van der Waals surface area contributed by atoms with Crippen LogP contribution in [0.2, 0.25) is 0 Å². The lowest BCUT2D eigenvalue weighted by molar-refractivity contribution is -0.122. The Kier molecular flexibility index (Phi) is 8.25. The maximum atomic E-state index is 12.1. The molecule has 1 fully saturated rings. The molecule has 0 aromatic heterocycles. The smallest absolute Gasteiger partial charge is 0.319 e. The molecule has 0 aliphatic heterocycles. The van der Waals surface area contributed by atoms with Crippen LogP contribution in [0.3, 0.4) is 0 Å². The Bertz CT molecular complexity index is 527. The van der Waals surface area contributed by atoms with E-state index in [0.717, 1.165) is 6.54 Å². The van der Waals surface area contributed by atoms with Crippen molar-refractivity contribution in [2.24, 2.45) is 0 Å². The lowest BCUT2D eigenvalue weighted by Gasteiger charge is -2.18. The predicted octanol–water partition coefficient (Wildman–Crippen LogP) is 2.63. The van der Waals surface area contributed by atoms with E-state index >= 15 is 0 Å². The molecule has 0 saturated heterocycles. The Morgan fingerprint density at radius 3 is 2.40 bits per heavy atom. The minimum Gasteiger partial charge on any atom is -0.353 e. The number of carbonyl (C=O) groups is 2. The second kappa shape index (κ2) is 10.7. The number of nitrogens with one attached hydrogen (secondary N) is 4. The number of benzene rings is 1. The van der Waals surface area contributed by atoms with E-state index in [1.807, 2.05) is 18.2 Å². The van der Waals surface area contributed by atoms with E-state index in [4.69, 9.17) is 0 Å². The van der Waals surface area contributed by atoms with Crippen LogP contribution in [0, 0.1) is 0 Å². The first-order chi connectivity index (χ1) is 12.1. The molecule has 3 amide bonds. The number of carbonyl (C=O) groups excluding carboxylic acids is 2. The van der Waals surface area contributed by atoms with E-state index in [1.165, 1.54) is 38.5 Å². The predicted molar refractivity (Wildman–Crippen MR) is 101 cm³/mol. The van der Waals surface area contributed by atoms with Gasteiger partial charge in [-0.2, -0.15) is 0 Å². The van der Waals surface area contributed by atoms with Gasteiger partial charge in [0.05, 0.1) is 0 Å². The molecule has 1 aliphatic carbocycles. The molecular weight excluding hydrogens is 316 g/mol. The molecule has 1 atom stereocenters. The van der Waals surface area contributed by atoms with Gasteiger partial charge in [0.25, 0.3) is 0 Å². The van der Waals surface area contributed by atoms with Crippen molar-refractivity contribution in [3.63, 3.8) is 0 Å². The molecule has 2 rings (SSSR count). The van der Waals surface area contributed by atoms with E-state index in [0.29, 0.717) is 18.3 Å². The molecular formula is C19H30N4O2. The zero-order valence-electron chi connectivity index (χ0n) is 15.0. The van der Waals surface area contributed by atoms with Gasteiger partial charge in [-0.3, -0.25) is 4.79 Å². The van der Waals surface area contributed by atoms with Crippen molar-refractivity contribution < 1.29 is 9.59 Å². The Balaban J connectivity index is 1.60. The average molecular weight is 346 g/mol. The maximum Gasteiger partial charge on any atom is 0.319 e. The number of hydrogen-bond donors (Lipinski definition) is 4. The summed E-state index contributed by atoms with van der Waals surface area (Å²) in [7, 11) is 0. The standard InChI is InChI=1S/C19H30N4O2/c1-15(22-19(25)23-17-11-7-4-8-12-17)18(24)21-14-13-20-16-9-5-2-3-6-10-16/h4,7-8,11-12,15-16,20H,2-3,5-6,9-10,13-14H2,1H3,(H,21,24)(H2,22,23,25). The fourth-order valence-corrected chi connectivity index (χ4v) is 3.05. The molecule has 0 bridgehead atoms. The van der Waals surface area contributed by atoms with Gasteiger partial charge in [-0.15, -0.1) is 0 Å². The second-order valence-corrected chi connectivity index (χ2v) is 6.62. The molecule has 1 saturated carbocycles. The van der Waals surface area contributed by atoms with Crippen LogP contribution >= 0.6 is 0 Å². The minimum absolute atomic E-state index is 0.175. The summed E-state index contributed by atoms with van der Waals surface area (Å²) in [5.74, 6) is -0.175. The quantitative estimate of drug-likeness (QED) is 0.452. The summed E-state index contributed by atoms with van der Waals surface area (Å²) in [5.41, 5.74) is 0.695. The SMILES string of the molecule is CC(NC(=O)Nc1ccccc1)C(=O)NCCNC1CCCCCC1. The van der Waals surface area contributed by atoms with Crippen molar-refractivity contribution in [3.8, 4) is 0 Å². The van der Waals surface area contributed by atoms with Crippen LogP contribution in [0.5, 0.6) is 0 Å². The minimum atomic E-state index is -0.582. The zero-order valence-corrected chi connectivity index (χ0v) is 15.0. The average Bonchev–Trinajstić information content (AvgIpc) is 2.88. The summed E-state index contributed by atoms with van der Waals surface area (Å²) in [6.07, 6.45) is 7.71. The normalized spacial score (nSPS) is 16.5. The van der Waals surface area contributed by atoms with Gasteiger partial charge < -0.3 is 21.3 Å². The molecule has 1 aliphatic rings. The van der Waals surface area contributed by atoms with Crippen molar-refractivity contribution in [2.45, 2.75) is 57.5 Å². The lowest BCUT2D eigenvalue weighted by atomic mass is 10.1. The molecule has 1 unspecified atom stereocenters. The summed E-state index contributed by atoms with van der Waals surface area (Å²) in [4.78, 5) is 23.9. The monoisotopic (exact) mass is 346 g/mol. The van der Waals surface area contributed by atoms with E-state index in [9.17, 15) is 9.59 Å². The summed E-state index contributed by atoms with van der Waals surface area (Å²) in [6, 6.07) is 8.76. The number of hydrogen-bond acceptors (Lipinski definition) is 3. The van der Waals surface area contributed by atoms with Crippen molar-refractivity contribution in [2.75, 3.05) is 18.4 Å². The van der Waals surface area contributed by atoms with Crippen molar-refractivity contribution in [3.05, 3.63) is 30.3 Å². The highest BCUT2D eigenvalue weighted by molar-refractivity contribution is 5.93. The molecule has 0 heterocycles. The van der Waals surface area contributed by atoms with Crippen LogP contribution in [-0.4, -0.2) is 37.1 Å². The van der Waals surface area contributed by atoms with Gasteiger partial charge >= 0.3 is 6.03 Å². The Labute approximate surface area is 150 Å². The second-order valence-electron chi connectivity index (χ2n) is 6.62.